The van der Waals surface area contributed by atoms with Gasteiger partial charge in [0.2, 0.25) is 0 Å². The Balaban J connectivity index is 1.06. The van der Waals surface area contributed by atoms with Crippen LogP contribution in [0, 0.1) is 5.92 Å². The molecule has 0 aliphatic heterocycles. The van der Waals surface area contributed by atoms with Crippen molar-refractivity contribution in [1.82, 2.24) is 0 Å². The number of fused-ring (bicyclic) bond motifs is 4. The van der Waals surface area contributed by atoms with E-state index < -0.39 is 0 Å². The molecule has 14 rings (SSSR count). The van der Waals surface area contributed by atoms with Gasteiger partial charge in [-0.25, -0.2) is 0 Å². The minimum absolute atomic E-state index is 0.155. The zero-order valence-corrected chi connectivity index (χ0v) is 42.5. The van der Waals surface area contributed by atoms with Crippen LogP contribution in [0.15, 0.2) is 291 Å². The van der Waals surface area contributed by atoms with Crippen LogP contribution in [0.1, 0.15) is 47.8 Å². The van der Waals surface area contributed by atoms with E-state index >= 15 is 0 Å². The molecule has 3 aliphatic carbocycles. The molecule has 0 heteroatoms. The molecule has 0 nitrogen and oxygen atoms in total. The summed E-state index contributed by atoms with van der Waals surface area (Å²) in [5, 5.41) is 10.3. The quantitative estimate of drug-likeness (QED) is 0.126. The van der Waals surface area contributed by atoms with Gasteiger partial charge in [-0.05, 0) is 158 Å². The molecule has 0 spiro atoms. The second-order valence-corrected chi connectivity index (χ2v) is 20.7. The Morgan fingerprint density at radius 1 is 0.316 bits per heavy atom. The maximum Gasteiger partial charge on any atom is 0.0142 e. The van der Waals surface area contributed by atoms with Gasteiger partial charge in [0.25, 0.3) is 0 Å². The van der Waals surface area contributed by atoms with Gasteiger partial charge in [0.15, 0.2) is 0 Å². The Bertz CT molecular complexity index is 4230. The minimum Gasteiger partial charge on any atom is -0.0839 e. The van der Waals surface area contributed by atoms with Crippen LogP contribution in [0.25, 0.3) is 104 Å². The summed E-state index contributed by atoms with van der Waals surface area (Å²) in [5.41, 5.74) is 19.1. The fourth-order valence-electron chi connectivity index (χ4n) is 13.2. The first-order valence-corrected chi connectivity index (χ1v) is 27.2. The van der Waals surface area contributed by atoms with Crippen LogP contribution in [-0.2, 0) is 0 Å². The molecule has 360 valence electrons. The monoisotopic (exact) mass is 968 g/mol. The SMILES string of the molecule is C1=CCC(c2c3ccccc3c(C3C=CC=CC3C3=CCCC=C3)c3ccc(-c4ccc5c(-c6ccccc6-c6ccccc6)c6ccccc6c(-c6ccccc6-c6ccccc6)c5c4)cc23)C(c2ccccc2)=C1. The molecule has 0 bridgehead atoms. The van der Waals surface area contributed by atoms with Gasteiger partial charge in [0.1, 0.15) is 0 Å². The molecule has 0 aromatic heterocycles. The van der Waals surface area contributed by atoms with Gasteiger partial charge in [0, 0.05) is 17.8 Å². The van der Waals surface area contributed by atoms with E-state index in [1.807, 2.05) is 0 Å². The van der Waals surface area contributed by atoms with Crippen LogP contribution in [-0.4, -0.2) is 0 Å². The van der Waals surface area contributed by atoms with E-state index in [2.05, 4.69) is 285 Å². The normalized spacial score (nSPS) is 17.1. The minimum atomic E-state index is 0.155. The first-order valence-electron chi connectivity index (χ1n) is 27.2. The summed E-state index contributed by atoms with van der Waals surface area (Å²) in [6.07, 6.45) is 26.8. The Morgan fingerprint density at radius 3 is 1.39 bits per heavy atom. The van der Waals surface area contributed by atoms with E-state index in [0.29, 0.717) is 0 Å². The summed E-state index contributed by atoms with van der Waals surface area (Å²) in [4.78, 5) is 0. The van der Waals surface area contributed by atoms with Crippen LogP contribution in [0.2, 0.25) is 0 Å². The predicted octanol–water partition coefficient (Wildman–Crippen LogP) is 20.9. The van der Waals surface area contributed by atoms with Gasteiger partial charge < -0.3 is 0 Å². The van der Waals surface area contributed by atoms with Gasteiger partial charge in [0.05, 0.1) is 0 Å². The molecule has 0 N–H and O–H groups in total. The smallest absolute Gasteiger partial charge is 0.0142 e. The highest BCUT2D eigenvalue weighted by atomic mass is 14.3. The van der Waals surface area contributed by atoms with Crippen LogP contribution >= 0.6 is 0 Å². The first-order chi connectivity index (χ1) is 37.8. The van der Waals surface area contributed by atoms with Crippen molar-refractivity contribution in [2.45, 2.75) is 31.1 Å². The zero-order chi connectivity index (χ0) is 50.4. The summed E-state index contributed by atoms with van der Waals surface area (Å²) >= 11 is 0. The van der Waals surface area contributed by atoms with Crippen molar-refractivity contribution in [3.8, 4) is 55.6 Å². The summed E-state index contributed by atoms with van der Waals surface area (Å²) in [6.45, 7) is 0. The largest absolute Gasteiger partial charge is 0.0839 e. The van der Waals surface area contributed by atoms with Crippen molar-refractivity contribution < 1.29 is 0 Å². The van der Waals surface area contributed by atoms with Crippen molar-refractivity contribution >= 4 is 48.7 Å². The Morgan fingerprint density at radius 2 is 0.789 bits per heavy atom. The van der Waals surface area contributed by atoms with Crippen LogP contribution in [0.3, 0.4) is 0 Å². The lowest BCUT2D eigenvalue weighted by atomic mass is 9.71. The van der Waals surface area contributed by atoms with Gasteiger partial charge in [-0.15, -0.1) is 0 Å². The van der Waals surface area contributed by atoms with Crippen LogP contribution in [0.4, 0.5) is 0 Å². The van der Waals surface area contributed by atoms with E-state index in [4.69, 9.17) is 0 Å². The first kappa shape index (κ1) is 45.5. The van der Waals surface area contributed by atoms with Crippen molar-refractivity contribution in [2.75, 3.05) is 0 Å². The topological polar surface area (TPSA) is 0 Å². The molecule has 3 atom stereocenters. The summed E-state index contributed by atoms with van der Waals surface area (Å²) < 4.78 is 0. The molecular formula is C76H56. The Hall–Kier alpha value is -9.10. The fourth-order valence-corrected chi connectivity index (χ4v) is 13.2. The molecule has 0 saturated carbocycles. The van der Waals surface area contributed by atoms with Crippen LogP contribution in [0.5, 0.6) is 0 Å². The van der Waals surface area contributed by atoms with Crippen molar-refractivity contribution in [3.63, 3.8) is 0 Å². The van der Waals surface area contributed by atoms with E-state index in [-0.39, 0.29) is 17.8 Å². The van der Waals surface area contributed by atoms with E-state index in [9.17, 15) is 0 Å². The highest BCUT2D eigenvalue weighted by Crippen LogP contribution is 2.52. The summed E-state index contributed by atoms with van der Waals surface area (Å²) in [5.74, 6) is 0.562. The van der Waals surface area contributed by atoms with Crippen molar-refractivity contribution in [2.24, 2.45) is 5.92 Å². The zero-order valence-electron chi connectivity index (χ0n) is 42.5. The maximum absolute atomic E-state index is 2.56. The van der Waals surface area contributed by atoms with E-state index in [1.54, 1.807) is 0 Å². The molecule has 3 aliphatic rings. The molecule has 11 aromatic carbocycles. The molecule has 11 aromatic rings. The maximum atomic E-state index is 2.56. The molecular weight excluding hydrogens is 913 g/mol. The van der Waals surface area contributed by atoms with Crippen molar-refractivity contribution in [3.05, 3.63) is 307 Å². The highest BCUT2D eigenvalue weighted by Gasteiger charge is 2.31. The molecule has 0 heterocycles. The number of allylic oxidation sites excluding steroid dienone is 12. The predicted molar refractivity (Wildman–Crippen MR) is 326 cm³/mol. The molecule has 76 heavy (non-hydrogen) atoms. The van der Waals surface area contributed by atoms with Crippen molar-refractivity contribution in [1.29, 1.82) is 0 Å². The lowest BCUT2D eigenvalue weighted by molar-refractivity contribution is 0.675. The lowest BCUT2D eigenvalue weighted by Crippen LogP contribution is -2.15. The Kier molecular flexibility index (Phi) is 11.8. The average molecular weight is 969 g/mol. The lowest BCUT2D eigenvalue weighted by Gasteiger charge is -2.32. The third-order valence-corrected chi connectivity index (χ3v) is 16.5. The number of hydrogen-bond acceptors (Lipinski definition) is 0. The average Bonchev–Trinajstić information content (AvgIpc) is 3.63. The Labute approximate surface area is 446 Å². The third-order valence-electron chi connectivity index (χ3n) is 16.5. The van der Waals surface area contributed by atoms with Gasteiger partial charge in [-0.3, -0.25) is 0 Å². The van der Waals surface area contributed by atoms with Gasteiger partial charge in [-0.1, -0.05) is 273 Å². The number of hydrogen-bond donors (Lipinski definition) is 0. The number of rotatable bonds is 9. The van der Waals surface area contributed by atoms with Gasteiger partial charge in [-0.2, -0.15) is 0 Å². The second-order valence-electron chi connectivity index (χ2n) is 20.7. The molecule has 0 saturated heterocycles. The second kappa shape index (κ2) is 19.6. The van der Waals surface area contributed by atoms with Crippen LogP contribution < -0.4 is 0 Å². The fraction of sp³-hybridized carbons (Fsp3) is 0.0789. The molecule has 0 radical (unpaired) electrons. The van der Waals surface area contributed by atoms with E-state index in [1.165, 1.54) is 127 Å². The molecule has 3 unspecified atom stereocenters. The highest BCUT2D eigenvalue weighted by molar-refractivity contribution is 6.24. The molecule has 0 amide bonds. The standard InChI is InChI=1S/C76H56/c1-5-25-51(26-6-1)57-33-13-17-37-61(57)73-65-41-21-23-43-67(65)75(63-39-19-15-35-59(63)53-29-9-3-10-30-53)71-49-55(45-47-69(71)73)56-46-48-70-72(50-56)76(64-40-20-16-36-60(64)54-31-11-4-12-32-54)68-44-24-22-42-66(68)74(70)62-38-18-14-34-58(62)52-27-7-2-8-28-52/h1,3-7,9-39,41-50,58,62,64H,2,8,40H2. The summed E-state index contributed by atoms with van der Waals surface area (Å²) in [7, 11) is 0. The third kappa shape index (κ3) is 7.92. The summed E-state index contributed by atoms with van der Waals surface area (Å²) in [6, 6.07) is 84.1. The number of benzene rings is 11. The molecule has 0 fully saturated rings. The van der Waals surface area contributed by atoms with Gasteiger partial charge >= 0.3 is 0 Å². The van der Waals surface area contributed by atoms with E-state index in [0.717, 1.165) is 19.3 Å².